The van der Waals surface area contributed by atoms with Gasteiger partial charge in [0.25, 0.3) is 0 Å². The standard InChI is InChI=1S/C14H15FN2OS/c1-2-13(18)16-8-7-10-9-19-14(17-10)11-5-3-4-6-12(11)15/h3-6,9H,2,7-8H2,1H3,(H,16,18). The van der Waals surface area contributed by atoms with Crippen LogP contribution in [0.25, 0.3) is 10.6 Å². The summed E-state index contributed by atoms with van der Waals surface area (Å²) in [4.78, 5) is 15.5. The van der Waals surface area contributed by atoms with E-state index in [0.29, 0.717) is 30.0 Å². The number of hydrogen-bond donors (Lipinski definition) is 1. The highest BCUT2D eigenvalue weighted by molar-refractivity contribution is 7.13. The molecule has 100 valence electrons. The lowest BCUT2D eigenvalue weighted by Crippen LogP contribution is -2.24. The monoisotopic (exact) mass is 278 g/mol. The number of carbonyl (C=O) groups is 1. The van der Waals surface area contributed by atoms with Crippen molar-refractivity contribution >= 4 is 17.2 Å². The molecule has 0 spiro atoms. The summed E-state index contributed by atoms with van der Waals surface area (Å²) in [6, 6.07) is 6.60. The molecule has 1 amide bonds. The van der Waals surface area contributed by atoms with Crippen molar-refractivity contribution in [3.63, 3.8) is 0 Å². The number of halogens is 1. The maximum Gasteiger partial charge on any atom is 0.219 e. The van der Waals surface area contributed by atoms with E-state index in [1.807, 2.05) is 12.3 Å². The third-order valence-corrected chi connectivity index (χ3v) is 3.60. The van der Waals surface area contributed by atoms with Gasteiger partial charge in [-0.3, -0.25) is 4.79 Å². The first-order chi connectivity index (χ1) is 9.20. The van der Waals surface area contributed by atoms with E-state index in [1.54, 1.807) is 18.2 Å². The molecule has 5 heteroatoms. The maximum absolute atomic E-state index is 13.6. The molecule has 1 heterocycles. The predicted octanol–water partition coefficient (Wildman–Crippen LogP) is 3.02. The number of rotatable bonds is 5. The van der Waals surface area contributed by atoms with Crippen molar-refractivity contribution in [1.82, 2.24) is 10.3 Å². The number of nitrogens with zero attached hydrogens (tertiary/aromatic N) is 1. The summed E-state index contributed by atoms with van der Waals surface area (Å²) in [5, 5.41) is 5.37. The van der Waals surface area contributed by atoms with Crippen molar-refractivity contribution in [3.8, 4) is 10.6 Å². The Morgan fingerprint density at radius 1 is 1.42 bits per heavy atom. The average Bonchev–Trinajstić information content (AvgIpc) is 2.87. The first kappa shape index (κ1) is 13.7. The van der Waals surface area contributed by atoms with Gasteiger partial charge in [-0.15, -0.1) is 11.3 Å². The molecular formula is C14H15FN2OS. The molecule has 2 aromatic rings. The Morgan fingerprint density at radius 3 is 2.95 bits per heavy atom. The van der Waals surface area contributed by atoms with E-state index in [4.69, 9.17) is 0 Å². The van der Waals surface area contributed by atoms with E-state index in [1.165, 1.54) is 17.4 Å². The Kier molecular flexibility index (Phi) is 4.63. The number of thiazole rings is 1. The van der Waals surface area contributed by atoms with Crippen LogP contribution < -0.4 is 5.32 Å². The van der Waals surface area contributed by atoms with Crippen molar-refractivity contribution in [2.45, 2.75) is 19.8 Å². The molecule has 1 aromatic carbocycles. The van der Waals surface area contributed by atoms with Gasteiger partial charge < -0.3 is 5.32 Å². The van der Waals surface area contributed by atoms with Crippen molar-refractivity contribution in [1.29, 1.82) is 0 Å². The van der Waals surface area contributed by atoms with Crippen LogP contribution in [0.2, 0.25) is 0 Å². The fourth-order valence-corrected chi connectivity index (χ4v) is 2.52. The van der Waals surface area contributed by atoms with Gasteiger partial charge in [0.15, 0.2) is 0 Å². The largest absolute Gasteiger partial charge is 0.356 e. The summed E-state index contributed by atoms with van der Waals surface area (Å²) in [6.45, 7) is 2.38. The fourth-order valence-electron chi connectivity index (χ4n) is 1.64. The van der Waals surface area contributed by atoms with E-state index in [-0.39, 0.29) is 11.7 Å². The summed E-state index contributed by atoms with van der Waals surface area (Å²) in [5.41, 5.74) is 1.40. The number of aromatic nitrogens is 1. The first-order valence-electron chi connectivity index (χ1n) is 6.16. The van der Waals surface area contributed by atoms with Gasteiger partial charge in [-0.1, -0.05) is 19.1 Å². The minimum Gasteiger partial charge on any atom is -0.356 e. The number of carbonyl (C=O) groups excluding carboxylic acids is 1. The number of hydrogen-bond acceptors (Lipinski definition) is 3. The van der Waals surface area contributed by atoms with Crippen LogP contribution in [0.3, 0.4) is 0 Å². The molecule has 19 heavy (non-hydrogen) atoms. The Hall–Kier alpha value is -1.75. The summed E-state index contributed by atoms with van der Waals surface area (Å²) < 4.78 is 13.6. The molecule has 0 aliphatic rings. The van der Waals surface area contributed by atoms with Crippen molar-refractivity contribution in [2.24, 2.45) is 0 Å². The van der Waals surface area contributed by atoms with E-state index >= 15 is 0 Å². The van der Waals surface area contributed by atoms with Gasteiger partial charge >= 0.3 is 0 Å². The van der Waals surface area contributed by atoms with Crippen LogP contribution in [0.5, 0.6) is 0 Å². The second-order valence-corrected chi connectivity index (χ2v) is 4.94. The zero-order valence-electron chi connectivity index (χ0n) is 10.6. The molecule has 1 aromatic heterocycles. The predicted molar refractivity (Wildman–Crippen MR) is 74.5 cm³/mol. The number of nitrogens with one attached hydrogen (secondary N) is 1. The van der Waals surface area contributed by atoms with Gasteiger partial charge in [-0.25, -0.2) is 9.37 Å². The topological polar surface area (TPSA) is 42.0 Å². The molecule has 0 fully saturated rings. The van der Waals surface area contributed by atoms with E-state index in [0.717, 1.165) is 5.69 Å². The summed E-state index contributed by atoms with van der Waals surface area (Å²) in [6.07, 6.45) is 1.15. The molecule has 0 atom stereocenters. The van der Waals surface area contributed by atoms with Gasteiger partial charge in [0, 0.05) is 30.3 Å². The number of amides is 1. The fraction of sp³-hybridized carbons (Fsp3) is 0.286. The average molecular weight is 278 g/mol. The normalized spacial score (nSPS) is 10.4. The highest BCUT2D eigenvalue weighted by atomic mass is 32.1. The third-order valence-electron chi connectivity index (χ3n) is 2.68. The highest BCUT2D eigenvalue weighted by Crippen LogP contribution is 2.26. The molecule has 0 bridgehead atoms. The molecule has 1 N–H and O–H groups in total. The van der Waals surface area contributed by atoms with Crippen molar-refractivity contribution < 1.29 is 9.18 Å². The van der Waals surface area contributed by atoms with Crippen LogP contribution in [-0.2, 0) is 11.2 Å². The maximum atomic E-state index is 13.6. The Morgan fingerprint density at radius 2 is 2.21 bits per heavy atom. The molecule has 0 aliphatic carbocycles. The highest BCUT2D eigenvalue weighted by Gasteiger charge is 2.09. The Bertz CT molecular complexity index is 568. The smallest absolute Gasteiger partial charge is 0.219 e. The molecule has 2 rings (SSSR count). The summed E-state index contributed by atoms with van der Waals surface area (Å²) in [5.74, 6) is -0.229. The Labute approximate surface area is 115 Å². The second kappa shape index (κ2) is 6.43. The van der Waals surface area contributed by atoms with Crippen molar-refractivity contribution in [2.75, 3.05) is 6.54 Å². The Balaban J connectivity index is 2.00. The van der Waals surface area contributed by atoms with Gasteiger partial charge in [0.2, 0.25) is 5.91 Å². The molecule has 0 unspecified atom stereocenters. The minimum absolute atomic E-state index is 0.0320. The van der Waals surface area contributed by atoms with Crippen LogP contribution >= 0.6 is 11.3 Å². The van der Waals surface area contributed by atoms with E-state index in [9.17, 15) is 9.18 Å². The minimum atomic E-state index is -0.261. The lowest BCUT2D eigenvalue weighted by atomic mass is 10.2. The van der Waals surface area contributed by atoms with E-state index in [2.05, 4.69) is 10.3 Å². The third kappa shape index (κ3) is 3.61. The first-order valence-corrected chi connectivity index (χ1v) is 7.04. The molecular weight excluding hydrogens is 263 g/mol. The summed E-state index contributed by atoms with van der Waals surface area (Å²) in [7, 11) is 0. The zero-order chi connectivity index (χ0) is 13.7. The van der Waals surface area contributed by atoms with Crippen LogP contribution in [0.4, 0.5) is 4.39 Å². The van der Waals surface area contributed by atoms with Gasteiger partial charge in [0.05, 0.1) is 5.69 Å². The second-order valence-electron chi connectivity index (χ2n) is 4.08. The summed E-state index contributed by atoms with van der Waals surface area (Å²) >= 11 is 1.42. The molecule has 0 saturated heterocycles. The van der Waals surface area contributed by atoms with Crippen LogP contribution in [0.1, 0.15) is 19.0 Å². The van der Waals surface area contributed by atoms with Crippen LogP contribution in [0.15, 0.2) is 29.6 Å². The lowest BCUT2D eigenvalue weighted by molar-refractivity contribution is -0.120. The molecule has 0 aliphatic heterocycles. The molecule has 3 nitrogen and oxygen atoms in total. The molecule has 0 saturated carbocycles. The number of benzene rings is 1. The van der Waals surface area contributed by atoms with Gasteiger partial charge in [-0.2, -0.15) is 0 Å². The lowest BCUT2D eigenvalue weighted by Gasteiger charge is -2.01. The van der Waals surface area contributed by atoms with Gasteiger partial charge in [0.1, 0.15) is 10.8 Å². The quantitative estimate of drug-likeness (QED) is 0.913. The molecule has 0 radical (unpaired) electrons. The van der Waals surface area contributed by atoms with Crippen LogP contribution in [0, 0.1) is 5.82 Å². The zero-order valence-corrected chi connectivity index (χ0v) is 11.5. The van der Waals surface area contributed by atoms with Crippen LogP contribution in [-0.4, -0.2) is 17.4 Å². The van der Waals surface area contributed by atoms with Gasteiger partial charge in [-0.05, 0) is 12.1 Å². The van der Waals surface area contributed by atoms with Crippen molar-refractivity contribution in [3.05, 3.63) is 41.2 Å². The SMILES string of the molecule is CCC(=O)NCCc1csc(-c2ccccc2F)n1. The van der Waals surface area contributed by atoms with E-state index < -0.39 is 0 Å².